The molecule has 0 aliphatic heterocycles. The lowest BCUT2D eigenvalue weighted by Gasteiger charge is -2.24. The fourth-order valence-electron chi connectivity index (χ4n) is 1.44. The first-order valence-electron chi connectivity index (χ1n) is 5.02. The van der Waals surface area contributed by atoms with Crippen LogP contribution in [0, 0.1) is 0 Å². The number of nitrogens with zero attached hydrogens (tertiary/aromatic N) is 2. The summed E-state index contributed by atoms with van der Waals surface area (Å²) in [5.41, 5.74) is 0.119. The number of amides is 1. The lowest BCUT2D eigenvalue weighted by atomic mass is 10.2. The van der Waals surface area contributed by atoms with Gasteiger partial charge >= 0.3 is 0 Å². The maximum atomic E-state index is 11.9. The summed E-state index contributed by atoms with van der Waals surface area (Å²) in [4.78, 5) is 17.5. The zero-order chi connectivity index (χ0) is 11.4. The number of carbonyl (C=O) groups is 1. The summed E-state index contributed by atoms with van der Waals surface area (Å²) >= 11 is 0. The van der Waals surface area contributed by atoms with Gasteiger partial charge in [0, 0.05) is 18.8 Å². The second kappa shape index (κ2) is 4.77. The fourth-order valence-corrected chi connectivity index (χ4v) is 1.44. The molecule has 1 rings (SSSR count). The number of hydrogen-bond acceptors (Lipinski definition) is 3. The Bertz CT molecular complexity index is 350. The van der Waals surface area contributed by atoms with Crippen molar-refractivity contribution in [3.05, 3.63) is 24.0 Å². The van der Waals surface area contributed by atoms with Crippen LogP contribution in [-0.2, 0) is 0 Å². The minimum absolute atomic E-state index is 0.0680. The third-order valence-corrected chi connectivity index (χ3v) is 2.21. The van der Waals surface area contributed by atoms with E-state index in [4.69, 9.17) is 0 Å². The van der Waals surface area contributed by atoms with Crippen LogP contribution in [0.4, 0.5) is 0 Å². The molecule has 1 amide bonds. The van der Waals surface area contributed by atoms with Gasteiger partial charge in [0.2, 0.25) is 0 Å². The molecule has 1 N–H and O–H groups in total. The van der Waals surface area contributed by atoms with Crippen LogP contribution >= 0.6 is 0 Å². The van der Waals surface area contributed by atoms with Crippen LogP contribution in [0.3, 0.4) is 0 Å². The highest BCUT2D eigenvalue weighted by Crippen LogP contribution is 2.16. The molecule has 1 heterocycles. The predicted molar refractivity (Wildman–Crippen MR) is 57.7 cm³/mol. The van der Waals surface area contributed by atoms with Crippen LogP contribution in [0.25, 0.3) is 0 Å². The molecule has 1 aromatic heterocycles. The Morgan fingerprint density at radius 2 is 2.27 bits per heavy atom. The van der Waals surface area contributed by atoms with E-state index in [1.54, 1.807) is 11.0 Å². The van der Waals surface area contributed by atoms with Gasteiger partial charge in [-0.3, -0.25) is 4.79 Å². The average molecular weight is 208 g/mol. The van der Waals surface area contributed by atoms with Crippen molar-refractivity contribution in [1.29, 1.82) is 0 Å². The number of aromatic nitrogens is 1. The second-order valence-electron chi connectivity index (χ2n) is 3.56. The molecule has 82 valence electrons. The SMILES string of the molecule is CCN(C(=O)c1ncccc1O)C(C)C. The molecule has 0 aromatic carbocycles. The molecular formula is C11H16N2O2. The molecule has 4 nitrogen and oxygen atoms in total. The van der Waals surface area contributed by atoms with Crippen molar-refractivity contribution in [3.8, 4) is 5.75 Å². The van der Waals surface area contributed by atoms with Crippen molar-refractivity contribution in [2.24, 2.45) is 0 Å². The summed E-state index contributed by atoms with van der Waals surface area (Å²) in [6, 6.07) is 3.16. The summed E-state index contributed by atoms with van der Waals surface area (Å²) in [7, 11) is 0. The molecule has 0 saturated carbocycles. The summed E-state index contributed by atoms with van der Waals surface area (Å²) < 4.78 is 0. The standard InChI is InChI=1S/C11H16N2O2/c1-4-13(8(2)3)11(15)10-9(14)6-5-7-12-10/h5-8,14H,4H2,1-3H3. The third kappa shape index (κ3) is 2.46. The molecular weight excluding hydrogens is 192 g/mol. The van der Waals surface area contributed by atoms with Crippen LogP contribution in [0.1, 0.15) is 31.3 Å². The Hall–Kier alpha value is -1.58. The van der Waals surface area contributed by atoms with Crippen molar-refractivity contribution in [2.45, 2.75) is 26.8 Å². The van der Waals surface area contributed by atoms with Crippen molar-refractivity contribution < 1.29 is 9.90 Å². The Labute approximate surface area is 89.6 Å². The van der Waals surface area contributed by atoms with Crippen LogP contribution in [0.2, 0.25) is 0 Å². The first-order valence-corrected chi connectivity index (χ1v) is 5.02. The van der Waals surface area contributed by atoms with Crippen LogP contribution in [0.5, 0.6) is 5.75 Å². The molecule has 0 radical (unpaired) electrons. The highest BCUT2D eigenvalue weighted by Gasteiger charge is 2.20. The van der Waals surface area contributed by atoms with Crippen molar-refractivity contribution in [3.63, 3.8) is 0 Å². The van der Waals surface area contributed by atoms with E-state index in [0.29, 0.717) is 6.54 Å². The van der Waals surface area contributed by atoms with Gasteiger partial charge in [-0.15, -0.1) is 0 Å². The first kappa shape index (κ1) is 11.5. The third-order valence-electron chi connectivity index (χ3n) is 2.21. The molecule has 0 aliphatic rings. The van der Waals surface area contributed by atoms with Crippen molar-refractivity contribution >= 4 is 5.91 Å². The zero-order valence-corrected chi connectivity index (χ0v) is 9.27. The van der Waals surface area contributed by atoms with Gasteiger partial charge in [-0.05, 0) is 32.9 Å². The molecule has 0 bridgehead atoms. The summed E-state index contributed by atoms with van der Waals surface area (Å²) in [6.07, 6.45) is 1.50. The zero-order valence-electron chi connectivity index (χ0n) is 9.27. The van der Waals surface area contributed by atoms with Crippen molar-refractivity contribution in [1.82, 2.24) is 9.88 Å². The van der Waals surface area contributed by atoms with Gasteiger partial charge in [-0.1, -0.05) is 0 Å². The van der Waals surface area contributed by atoms with Crippen LogP contribution in [0.15, 0.2) is 18.3 Å². The molecule has 0 atom stereocenters. The normalized spacial score (nSPS) is 10.4. The molecule has 0 saturated heterocycles. The Morgan fingerprint density at radius 1 is 1.60 bits per heavy atom. The Kier molecular flexibility index (Phi) is 3.66. The summed E-state index contributed by atoms with van der Waals surface area (Å²) in [5, 5.41) is 9.50. The van der Waals surface area contributed by atoms with Gasteiger partial charge in [0.1, 0.15) is 5.75 Å². The molecule has 1 aromatic rings. The lowest BCUT2D eigenvalue weighted by molar-refractivity contribution is 0.0707. The maximum Gasteiger partial charge on any atom is 0.276 e. The molecule has 15 heavy (non-hydrogen) atoms. The molecule has 0 spiro atoms. The number of pyridine rings is 1. The van der Waals surface area contributed by atoms with E-state index in [0.717, 1.165) is 0 Å². The minimum atomic E-state index is -0.231. The monoisotopic (exact) mass is 208 g/mol. The second-order valence-corrected chi connectivity index (χ2v) is 3.56. The predicted octanol–water partition coefficient (Wildman–Crippen LogP) is 1.66. The highest BCUT2D eigenvalue weighted by atomic mass is 16.3. The minimum Gasteiger partial charge on any atom is -0.505 e. The van der Waals surface area contributed by atoms with Crippen LogP contribution < -0.4 is 0 Å². The molecule has 0 fully saturated rings. The smallest absolute Gasteiger partial charge is 0.276 e. The van der Waals surface area contributed by atoms with E-state index in [-0.39, 0.29) is 23.4 Å². The maximum absolute atomic E-state index is 11.9. The summed E-state index contributed by atoms with van der Waals surface area (Å²) in [5.74, 6) is -0.299. The van der Waals surface area contributed by atoms with Crippen molar-refractivity contribution in [2.75, 3.05) is 6.54 Å². The van der Waals surface area contributed by atoms with E-state index in [1.165, 1.54) is 12.3 Å². The quantitative estimate of drug-likeness (QED) is 0.821. The van der Waals surface area contributed by atoms with Gasteiger partial charge in [-0.2, -0.15) is 0 Å². The van der Waals surface area contributed by atoms with E-state index in [9.17, 15) is 9.90 Å². The first-order chi connectivity index (χ1) is 7.07. The largest absolute Gasteiger partial charge is 0.505 e. The molecule has 4 heteroatoms. The average Bonchev–Trinajstić information content (AvgIpc) is 2.18. The molecule has 0 unspecified atom stereocenters. The lowest BCUT2D eigenvalue weighted by Crippen LogP contribution is -2.37. The number of aromatic hydroxyl groups is 1. The Balaban J connectivity index is 2.98. The number of rotatable bonds is 3. The van der Waals surface area contributed by atoms with E-state index in [1.807, 2.05) is 20.8 Å². The van der Waals surface area contributed by atoms with E-state index in [2.05, 4.69) is 4.98 Å². The molecule has 0 aliphatic carbocycles. The van der Waals surface area contributed by atoms with Gasteiger partial charge in [0.15, 0.2) is 5.69 Å². The van der Waals surface area contributed by atoms with Crippen LogP contribution in [-0.4, -0.2) is 33.5 Å². The van der Waals surface area contributed by atoms with Gasteiger partial charge in [-0.25, -0.2) is 4.98 Å². The number of carbonyl (C=O) groups excluding carboxylic acids is 1. The Morgan fingerprint density at radius 3 is 2.73 bits per heavy atom. The topological polar surface area (TPSA) is 53.4 Å². The highest BCUT2D eigenvalue weighted by molar-refractivity contribution is 5.94. The van der Waals surface area contributed by atoms with Gasteiger partial charge in [0.25, 0.3) is 5.91 Å². The fraction of sp³-hybridized carbons (Fsp3) is 0.455. The summed E-state index contributed by atoms with van der Waals surface area (Å²) in [6.45, 7) is 6.37. The van der Waals surface area contributed by atoms with E-state index >= 15 is 0 Å². The number of hydrogen-bond donors (Lipinski definition) is 1. The van der Waals surface area contributed by atoms with E-state index < -0.39 is 0 Å². The van der Waals surface area contributed by atoms with Gasteiger partial charge in [0.05, 0.1) is 0 Å². The van der Waals surface area contributed by atoms with Gasteiger partial charge < -0.3 is 10.0 Å².